The highest BCUT2D eigenvalue weighted by molar-refractivity contribution is 7.13. The lowest BCUT2D eigenvalue weighted by atomic mass is 10.3. The summed E-state index contributed by atoms with van der Waals surface area (Å²) < 4.78 is 0. The molecule has 3 N–H and O–H groups in total. The van der Waals surface area contributed by atoms with Gasteiger partial charge in [-0.2, -0.15) is 0 Å². The van der Waals surface area contributed by atoms with E-state index in [2.05, 4.69) is 15.0 Å². The number of aromatic nitrogens is 1. The zero-order valence-corrected chi connectivity index (χ0v) is 7.95. The van der Waals surface area contributed by atoms with E-state index in [0.717, 1.165) is 0 Å². The van der Waals surface area contributed by atoms with Crippen LogP contribution >= 0.6 is 11.3 Å². The van der Waals surface area contributed by atoms with Gasteiger partial charge in [0.2, 0.25) is 0 Å². The molecular weight excluding hydrogens is 206 g/mol. The van der Waals surface area contributed by atoms with Crippen LogP contribution in [0.25, 0.3) is 0 Å². The van der Waals surface area contributed by atoms with Crippen molar-refractivity contribution in [2.45, 2.75) is 0 Å². The lowest BCUT2D eigenvalue weighted by Gasteiger charge is -1.95. The van der Waals surface area contributed by atoms with Gasteiger partial charge in [0, 0.05) is 5.38 Å². The molecule has 0 saturated heterocycles. The normalized spacial score (nSPS) is 11.4. The number of nitrogens with zero attached hydrogens (tertiary/aromatic N) is 2. The first-order valence-corrected chi connectivity index (χ1v) is 4.56. The molecule has 1 rings (SSSR count). The van der Waals surface area contributed by atoms with E-state index in [-0.39, 0.29) is 18.9 Å². The predicted molar refractivity (Wildman–Crippen MR) is 51.8 cm³/mol. The van der Waals surface area contributed by atoms with Crippen LogP contribution in [0.4, 0.5) is 5.13 Å². The maximum atomic E-state index is 10.4. The molecule has 0 atom stereocenters. The summed E-state index contributed by atoms with van der Waals surface area (Å²) in [6, 6.07) is 0. The second-order valence-electron chi connectivity index (χ2n) is 2.17. The number of rotatable bonds is 5. The summed E-state index contributed by atoms with van der Waals surface area (Å²) in [4.78, 5) is 18.9. The van der Waals surface area contributed by atoms with Crippen molar-refractivity contribution in [3.8, 4) is 0 Å². The van der Waals surface area contributed by atoms with Crippen molar-refractivity contribution in [2.24, 2.45) is 5.16 Å². The van der Waals surface area contributed by atoms with Crippen molar-refractivity contribution in [3.63, 3.8) is 0 Å². The molecule has 0 aliphatic heterocycles. The lowest BCUT2D eigenvalue weighted by Crippen LogP contribution is -2.05. The first-order chi connectivity index (χ1) is 6.77. The van der Waals surface area contributed by atoms with Gasteiger partial charge >= 0.3 is 0 Å². The fourth-order valence-corrected chi connectivity index (χ4v) is 1.21. The zero-order valence-electron chi connectivity index (χ0n) is 7.14. The number of hydrogen-bond acceptors (Lipinski definition) is 7. The van der Waals surface area contributed by atoms with Crippen LogP contribution in [0.3, 0.4) is 0 Å². The van der Waals surface area contributed by atoms with Crippen LogP contribution in [-0.2, 0) is 9.63 Å². The first-order valence-electron chi connectivity index (χ1n) is 3.68. The van der Waals surface area contributed by atoms with Crippen LogP contribution in [0.2, 0.25) is 0 Å². The molecule has 0 fully saturated rings. The molecule has 0 aliphatic rings. The van der Waals surface area contributed by atoms with Gasteiger partial charge in [-0.05, 0) is 0 Å². The molecular formula is C7H8N3O3S. The minimum Gasteiger partial charge on any atom is -0.393 e. The summed E-state index contributed by atoms with van der Waals surface area (Å²) >= 11 is 1.19. The molecule has 0 aliphatic carbocycles. The molecule has 0 unspecified atom stereocenters. The van der Waals surface area contributed by atoms with E-state index in [1.54, 1.807) is 11.7 Å². The Labute approximate surface area is 84.0 Å². The summed E-state index contributed by atoms with van der Waals surface area (Å²) in [5.41, 5.74) is 5.62. The third-order valence-electron chi connectivity index (χ3n) is 1.20. The van der Waals surface area contributed by atoms with Crippen LogP contribution in [0.15, 0.2) is 10.5 Å². The Kier molecular flexibility index (Phi) is 4.02. The molecule has 14 heavy (non-hydrogen) atoms. The number of aliphatic hydroxyl groups excluding tert-OH is 1. The monoisotopic (exact) mass is 214 g/mol. The molecule has 0 spiro atoms. The van der Waals surface area contributed by atoms with Gasteiger partial charge in [-0.25, -0.2) is 4.98 Å². The Morgan fingerprint density at radius 2 is 2.64 bits per heavy atom. The minimum absolute atomic E-state index is 0.0187. The van der Waals surface area contributed by atoms with Gasteiger partial charge in [0.1, 0.15) is 12.3 Å². The van der Waals surface area contributed by atoms with Gasteiger partial charge in [-0.1, -0.05) is 5.16 Å². The van der Waals surface area contributed by atoms with E-state index in [4.69, 9.17) is 10.8 Å². The summed E-state index contributed by atoms with van der Waals surface area (Å²) in [5, 5.41) is 13.7. The number of oxime groups is 1. The highest BCUT2D eigenvalue weighted by Crippen LogP contribution is 2.11. The smallest absolute Gasteiger partial charge is 0.259 e. The topological polar surface area (TPSA) is 97.8 Å². The van der Waals surface area contributed by atoms with E-state index in [1.165, 1.54) is 11.3 Å². The van der Waals surface area contributed by atoms with E-state index in [1.807, 2.05) is 0 Å². The molecule has 1 aromatic heterocycles. The Balaban J connectivity index is 2.71. The first kappa shape index (κ1) is 10.6. The van der Waals surface area contributed by atoms with Crippen molar-refractivity contribution < 1.29 is 14.7 Å². The molecule has 0 amide bonds. The van der Waals surface area contributed by atoms with E-state index >= 15 is 0 Å². The number of anilines is 1. The zero-order chi connectivity index (χ0) is 10.4. The second-order valence-corrected chi connectivity index (χ2v) is 3.06. The molecule has 6 nitrogen and oxygen atoms in total. The largest absolute Gasteiger partial charge is 0.393 e. The van der Waals surface area contributed by atoms with Crippen molar-refractivity contribution in [3.05, 3.63) is 11.1 Å². The highest BCUT2D eigenvalue weighted by Gasteiger charge is 2.08. The van der Waals surface area contributed by atoms with Crippen molar-refractivity contribution in [1.82, 2.24) is 4.98 Å². The van der Waals surface area contributed by atoms with E-state index < -0.39 is 0 Å². The number of nitrogen functional groups attached to an aromatic ring is 1. The molecule has 0 bridgehead atoms. The maximum Gasteiger partial charge on any atom is 0.259 e. The molecule has 7 heteroatoms. The number of hydrogen-bond donors (Lipinski definition) is 2. The SMILES string of the molecule is Nc1nc(/C([C]=O)=N/OCCO)cs1. The van der Waals surface area contributed by atoms with Gasteiger partial charge in [0.25, 0.3) is 6.29 Å². The molecule has 1 radical (unpaired) electrons. The number of aliphatic hydroxyl groups is 1. The second kappa shape index (κ2) is 5.30. The summed E-state index contributed by atoms with van der Waals surface area (Å²) in [5.74, 6) is 0. The van der Waals surface area contributed by atoms with Gasteiger partial charge in [0.15, 0.2) is 10.8 Å². The van der Waals surface area contributed by atoms with E-state index in [9.17, 15) is 4.79 Å². The number of thiazole rings is 1. The number of nitrogens with two attached hydrogens (primary N) is 1. The maximum absolute atomic E-state index is 10.4. The van der Waals surface area contributed by atoms with Gasteiger partial charge in [0.05, 0.1) is 6.61 Å². The van der Waals surface area contributed by atoms with Crippen LogP contribution in [0.1, 0.15) is 5.69 Å². The summed E-state index contributed by atoms with van der Waals surface area (Å²) in [6.07, 6.45) is 1.57. The fraction of sp³-hybridized carbons (Fsp3) is 0.286. The van der Waals surface area contributed by atoms with Crippen LogP contribution in [-0.4, -0.2) is 35.3 Å². The van der Waals surface area contributed by atoms with Crippen molar-refractivity contribution in [1.29, 1.82) is 0 Å². The minimum atomic E-state index is -0.172. The average molecular weight is 214 g/mol. The molecule has 0 saturated carbocycles. The molecule has 0 aromatic carbocycles. The van der Waals surface area contributed by atoms with Crippen LogP contribution in [0.5, 0.6) is 0 Å². The third-order valence-corrected chi connectivity index (χ3v) is 1.87. The quantitative estimate of drug-likeness (QED) is 0.393. The third kappa shape index (κ3) is 2.79. The Hall–Kier alpha value is -1.47. The average Bonchev–Trinajstić information content (AvgIpc) is 2.60. The predicted octanol–water partition coefficient (Wildman–Crippen LogP) is -0.452. The molecule has 75 valence electrons. The fourth-order valence-electron chi connectivity index (χ4n) is 0.665. The van der Waals surface area contributed by atoms with Crippen molar-refractivity contribution >= 4 is 28.5 Å². The Morgan fingerprint density at radius 1 is 1.86 bits per heavy atom. The lowest BCUT2D eigenvalue weighted by molar-refractivity contribution is 0.0991. The van der Waals surface area contributed by atoms with Crippen LogP contribution in [0, 0.1) is 0 Å². The van der Waals surface area contributed by atoms with Gasteiger partial charge < -0.3 is 15.7 Å². The summed E-state index contributed by atoms with van der Waals surface area (Å²) in [7, 11) is 0. The van der Waals surface area contributed by atoms with Gasteiger partial charge in [-0.15, -0.1) is 11.3 Å². The van der Waals surface area contributed by atoms with E-state index in [0.29, 0.717) is 10.8 Å². The molecule has 1 heterocycles. The highest BCUT2D eigenvalue weighted by atomic mass is 32.1. The summed E-state index contributed by atoms with van der Waals surface area (Å²) in [6.45, 7) is -0.153. The molecule has 1 aromatic rings. The Morgan fingerprint density at radius 3 is 3.14 bits per heavy atom. The number of carbonyl (C=O) groups excluding carboxylic acids is 1. The van der Waals surface area contributed by atoms with Crippen LogP contribution < -0.4 is 5.73 Å². The Bertz CT molecular complexity index is 337. The standard InChI is InChI=1S/C7H8N3O3S/c8-7-9-6(4-14-7)5(3-12)10-13-2-1-11/h4,11H,1-2H2,(H2,8,9)/b10-5+. The van der Waals surface area contributed by atoms with Crippen molar-refractivity contribution in [2.75, 3.05) is 18.9 Å². The van der Waals surface area contributed by atoms with Gasteiger partial charge in [-0.3, -0.25) is 4.79 Å².